The molecule has 0 bridgehead atoms. The topological polar surface area (TPSA) is 70.7 Å². The number of anilines is 2. The van der Waals surface area contributed by atoms with E-state index in [0.717, 1.165) is 16.7 Å². The Bertz CT molecular complexity index is 794. The SMILES string of the molecule is CN1CCOc2cc(C(=O)NC(=O)Nc3cccc(Br)c3)ccc21. The Kier molecular flexibility index (Phi) is 4.71. The van der Waals surface area contributed by atoms with Crippen LogP contribution in [0.1, 0.15) is 10.4 Å². The van der Waals surface area contributed by atoms with Crippen molar-refractivity contribution < 1.29 is 14.3 Å². The number of fused-ring (bicyclic) bond motifs is 1. The van der Waals surface area contributed by atoms with Gasteiger partial charge in [0.1, 0.15) is 12.4 Å². The minimum Gasteiger partial charge on any atom is -0.490 e. The van der Waals surface area contributed by atoms with E-state index in [1.807, 2.05) is 19.2 Å². The fourth-order valence-corrected chi connectivity index (χ4v) is 2.80. The number of ether oxygens (including phenoxy) is 1. The zero-order valence-corrected chi connectivity index (χ0v) is 14.6. The van der Waals surface area contributed by atoms with E-state index in [9.17, 15) is 9.59 Å². The predicted molar refractivity (Wildman–Crippen MR) is 95.8 cm³/mol. The van der Waals surface area contributed by atoms with E-state index < -0.39 is 11.9 Å². The van der Waals surface area contributed by atoms with Crippen LogP contribution in [0.25, 0.3) is 0 Å². The monoisotopic (exact) mass is 389 g/mol. The van der Waals surface area contributed by atoms with Crippen LogP contribution in [0.4, 0.5) is 16.2 Å². The predicted octanol–water partition coefficient (Wildman–Crippen LogP) is 3.24. The Morgan fingerprint density at radius 2 is 2.04 bits per heavy atom. The number of nitrogens with zero attached hydrogens (tertiary/aromatic N) is 1. The van der Waals surface area contributed by atoms with Gasteiger partial charge in [-0.25, -0.2) is 4.79 Å². The summed E-state index contributed by atoms with van der Waals surface area (Å²) in [5.74, 6) is 0.158. The highest BCUT2D eigenvalue weighted by Crippen LogP contribution is 2.31. The van der Waals surface area contributed by atoms with Crippen LogP contribution in [-0.2, 0) is 0 Å². The Morgan fingerprint density at radius 1 is 1.21 bits per heavy atom. The first-order valence-electron chi connectivity index (χ1n) is 7.39. The molecule has 1 aliphatic rings. The van der Waals surface area contributed by atoms with Crippen molar-refractivity contribution in [1.29, 1.82) is 0 Å². The summed E-state index contributed by atoms with van der Waals surface area (Å²) in [6, 6.07) is 11.7. The van der Waals surface area contributed by atoms with Crippen molar-refractivity contribution in [2.45, 2.75) is 0 Å². The first-order chi connectivity index (χ1) is 11.5. The summed E-state index contributed by atoms with van der Waals surface area (Å²) >= 11 is 3.32. The largest absolute Gasteiger partial charge is 0.490 e. The van der Waals surface area contributed by atoms with Crippen LogP contribution >= 0.6 is 15.9 Å². The van der Waals surface area contributed by atoms with Crippen LogP contribution in [0.5, 0.6) is 5.75 Å². The van der Waals surface area contributed by atoms with Crippen LogP contribution in [0.15, 0.2) is 46.9 Å². The summed E-state index contributed by atoms with van der Waals surface area (Å²) in [6.45, 7) is 1.37. The van der Waals surface area contributed by atoms with E-state index >= 15 is 0 Å². The van der Waals surface area contributed by atoms with Crippen LogP contribution in [0.3, 0.4) is 0 Å². The summed E-state index contributed by atoms with van der Waals surface area (Å²) in [5.41, 5.74) is 1.88. The van der Waals surface area contributed by atoms with E-state index in [1.54, 1.807) is 30.3 Å². The molecule has 2 aromatic carbocycles. The highest BCUT2D eigenvalue weighted by molar-refractivity contribution is 9.10. The lowest BCUT2D eigenvalue weighted by molar-refractivity contribution is 0.0966. The van der Waals surface area contributed by atoms with Gasteiger partial charge in [0.25, 0.3) is 5.91 Å². The number of hydrogen-bond acceptors (Lipinski definition) is 4. The number of imide groups is 1. The molecule has 0 aliphatic carbocycles. The van der Waals surface area contributed by atoms with Crippen LogP contribution in [0.2, 0.25) is 0 Å². The van der Waals surface area contributed by atoms with Gasteiger partial charge in [0.05, 0.1) is 12.2 Å². The molecule has 1 heterocycles. The van der Waals surface area contributed by atoms with Gasteiger partial charge in [-0.1, -0.05) is 22.0 Å². The first-order valence-corrected chi connectivity index (χ1v) is 8.18. The van der Waals surface area contributed by atoms with Gasteiger partial charge in [0, 0.05) is 22.8 Å². The summed E-state index contributed by atoms with van der Waals surface area (Å²) in [6.07, 6.45) is 0. The molecule has 124 valence electrons. The third kappa shape index (κ3) is 3.68. The van der Waals surface area contributed by atoms with Gasteiger partial charge in [-0.2, -0.15) is 0 Å². The maximum atomic E-state index is 12.2. The number of amides is 3. The quantitative estimate of drug-likeness (QED) is 0.826. The van der Waals surface area contributed by atoms with Crippen LogP contribution in [0, 0.1) is 0 Å². The van der Waals surface area contributed by atoms with Gasteiger partial charge in [-0.15, -0.1) is 0 Å². The summed E-state index contributed by atoms with van der Waals surface area (Å²) in [7, 11) is 1.96. The third-order valence-corrected chi connectivity index (χ3v) is 4.12. The molecule has 0 saturated carbocycles. The molecule has 3 amide bonds. The fraction of sp³-hybridized carbons (Fsp3) is 0.176. The number of hydrogen-bond donors (Lipinski definition) is 2. The number of benzene rings is 2. The lowest BCUT2D eigenvalue weighted by Gasteiger charge is -2.27. The molecule has 2 N–H and O–H groups in total. The lowest BCUT2D eigenvalue weighted by Crippen LogP contribution is -2.34. The normalized spacial score (nSPS) is 12.8. The van der Waals surface area contributed by atoms with Crippen LogP contribution in [-0.4, -0.2) is 32.1 Å². The maximum Gasteiger partial charge on any atom is 0.326 e. The Hall–Kier alpha value is -2.54. The van der Waals surface area contributed by atoms with E-state index in [4.69, 9.17) is 4.74 Å². The second kappa shape index (κ2) is 6.92. The second-order valence-corrected chi connectivity index (χ2v) is 6.29. The van der Waals surface area contributed by atoms with Crippen molar-refractivity contribution in [3.8, 4) is 5.75 Å². The zero-order chi connectivity index (χ0) is 17.1. The highest BCUT2D eigenvalue weighted by atomic mass is 79.9. The van der Waals surface area contributed by atoms with E-state index in [-0.39, 0.29) is 0 Å². The van der Waals surface area contributed by atoms with Crippen molar-refractivity contribution in [3.63, 3.8) is 0 Å². The van der Waals surface area contributed by atoms with Gasteiger partial charge < -0.3 is 15.0 Å². The molecule has 7 heteroatoms. The fourth-order valence-electron chi connectivity index (χ4n) is 2.40. The van der Waals surface area contributed by atoms with Crippen molar-refractivity contribution in [2.24, 2.45) is 0 Å². The Morgan fingerprint density at radius 3 is 2.83 bits per heavy atom. The van der Waals surface area contributed by atoms with Gasteiger partial charge >= 0.3 is 6.03 Å². The molecule has 0 saturated heterocycles. The molecule has 0 unspecified atom stereocenters. The molecule has 0 atom stereocenters. The average Bonchev–Trinajstić information content (AvgIpc) is 2.54. The lowest BCUT2D eigenvalue weighted by atomic mass is 10.1. The average molecular weight is 390 g/mol. The number of urea groups is 1. The molecule has 24 heavy (non-hydrogen) atoms. The summed E-state index contributed by atoms with van der Waals surface area (Å²) in [4.78, 5) is 26.2. The number of halogens is 1. The minimum atomic E-state index is -0.589. The second-order valence-electron chi connectivity index (χ2n) is 5.37. The number of nitrogens with one attached hydrogen (secondary N) is 2. The molecule has 6 nitrogen and oxygen atoms in total. The van der Waals surface area contributed by atoms with Crippen molar-refractivity contribution in [3.05, 3.63) is 52.5 Å². The smallest absolute Gasteiger partial charge is 0.326 e. The summed E-state index contributed by atoms with van der Waals surface area (Å²) < 4.78 is 6.41. The first kappa shape index (κ1) is 16.3. The van der Waals surface area contributed by atoms with Gasteiger partial charge in [-0.05, 0) is 36.4 Å². The Labute approximate surface area is 147 Å². The minimum absolute atomic E-state index is 0.369. The molecule has 1 aliphatic heterocycles. The molecule has 0 aromatic heterocycles. The molecule has 3 rings (SSSR count). The van der Waals surface area contributed by atoms with Crippen molar-refractivity contribution in [1.82, 2.24) is 5.32 Å². The van der Waals surface area contributed by atoms with E-state index in [0.29, 0.717) is 23.6 Å². The number of carbonyl (C=O) groups excluding carboxylic acids is 2. The van der Waals surface area contributed by atoms with Crippen molar-refractivity contribution >= 4 is 39.2 Å². The number of carbonyl (C=O) groups is 2. The molecular formula is C17H16BrN3O3. The zero-order valence-electron chi connectivity index (χ0n) is 13.0. The molecular weight excluding hydrogens is 374 g/mol. The maximum absolute atomic E-state index is 12.2. The number of rotatable bonds is 2. The van der Waals surface area contributed by atoms with Crippen molar-refractivity contribution in [2.75, 3.05) is 30.4 Å². The standard InChI is InChI=1S/C17H16BrN3O3/c1-21-7-8-24-15-9-11(5-6-14(15)21)16(22)20-17(23)19-13-4-2-3-12(18)10-13/h2-6,9-10H,7-8H2,1H3,(H2,19,20,22,23). The molecule has 0 radical (unpaired) electrons. The van der Waals surface area contributed by atoms with Gasteiger partial charge in [-0.3, -0.25) is 10.1 Å². The highest BCUT2D eigenvalue weighted by Gasteiger charge is 2.18. The van der Waals surface area contributed by atoms with E-state index in [1.165, 1.54) is 0 Å². The molecule has 0 fully saturated rings. The molecule has 2 aromatic rings. The third-order valence-electron chi connectivity index (χ3n) is 3.63. The van der Waals surface area contributed by atoms with Gasteiger partial charge in [0.15, 0.2) is 0 Å². The van der Waals surface area contributed by atoms with Crippen LogP contribution < -0.4 is 20.3 Å². The molecule has 0 spiro atoms. The Balaban J connectivity index is 1.67. The van der Waals surface area contributed by atoms with E-state index in [2.05, 4.69) is 31.5 Å². The van der Waals surface area contributed by atoms with Gasteiger partial charge in [0.2, 0.25) is 0 Å². The number of likely N-dealkylation sites (N-methyl/N-ethyl adjacent to an activating group) is 1. The summed E-state index contributed by atoms with van der Waals surface area (Å²) in [5, 5.41) is 4.92.